The Morgan fingerprint density at radius 2 is 2.05 bits per heavy atom. The Labute approximate surface area is 229 Å². The molecule has 214 valence electrons. The molecule has 0 bridgehead atoms. The van der Waals surface area contributed by atoms with Crippen LogP contribution in [0.2, 0.25) is 0 Å². The second-order valence-corrected chi connectivity index (χ2v) is 10.3. The van der Waals surface area contributed by atoms with Crippen LogP contribution in [0.15, 0.2) is 24.4 Å². The smallest absolute Gasteiger partial charge is 0.417 e. The number of H-pyrrole nitrogens is 1. The maximum Gasteiger partial charge on any atom is 0.417 e. The van der Waals surface area contributed by atoms with Gasteiger partial charge < -0.3 is 39.3 Å². The molecule has 1 fully saturated rings. The standard InChI is InChI=1S/C24H33ClN6O8/c1-24(2,3)39-23(35)30(22-26-15-6-5-14(36-4)9-16(15)27-22)10-13-11-31(29-28-13)18-20(34)19(33)17(12-32)38-21(18)37-8-7-25/h5-6,9,11,17-21,32-34H,7-8,10,12H2,1-4H3,(H,26,27)/t17?,18?,19-,20-,21+/m1/s1. The van der Waals surface area contributed by atoms with Gasteiger partial charge in [0.05, 0.1) is 44.1 Å². The Morgan fingerprint density at radius 3 is 2.72 bits per heavy atom. The number of nitrogens with one attached hydrogen (secondary N) is 1. The molecule has 0 spiro atoms. The summed E-state index contributed by atoms with van der Waals surface area (Å²) in [6, 6.07) is 4.26. The zero-order valence-electron chi connectivity index (χ0n) is 22.0. The van der Waals surface area contributed by atoms with Crippen molar-refractivity contribution in [3.63, 3.8) is 0 Å². The summed E-state index contributed by atoms with van der Waals surface area (Å²) in [5.74, 6) is 0.994. The lowest BCUT2D eigenvalue weighted by Crippen LogP contribution is -2.57. The Bertz CT molecular complexity index is 1260. The number of aliphatic hydroxyl groups is 3. The molecule has 1 aromatic carbocycles. The van der Waals surface area contributed by atoms with Crippen molar-refractivity contribution >= 4 is 34.7 Å². The van der Waals surface area contributed by atoms with Crippen molar-refractivity contribution in [2.45, 2.75) is 63.6 Å². The highest BCUT2D eigenvalue weighted by molar-refractivity contribution is 6.17. The Balaban J connectivity index is 1.63. The SMILES string of the molecule is COc1ccc2nc(N(Cc3cn(C4[C@@H](OCCCl)OC(CO)[C@@H](O)[C@@H]4O)nn3)C(=O)OC(C)(C)C)[nH]c2c1. The van der Waals surface area contributed by atoms with E-state index in [0.29, 0.717) is 22.5 Å². The molecule has 4 N–H and O–H groups in total. The zero-order valence-corrected chi connectivity index (χ0v) is 22.8. The molecule has 1 aliphatic heterocycles. The van der Waals surface area contributed by atoms with Crippen molar-refractivity contribution in [3.05, 3.63) is 30.1 Å². The summed E-state index contributed by atoms with van der Waals surface area (Å²) in [6.45, 7) is 4.72. The fraction of sp³-hybridized carbons (Fsp3) is 0.583. The quantitative estimate of drug-likeness (QED) is 0.274. The number of aliphatic hydroxyl groups excluding tert-OH is 3. The number of halogens is 1. The lowest BCUT2D eigenvalue weighted by Gasteiger charge is -2.41. The van der Waals surface area contributed by atoms with Gasteiger partial charge in [0.2, 0.25) is 5.95 Å². The number of aromatic amines is 1. The van der Waals surface area contributed by atoms with Crippen LogP contribution in [-0.2, 0) is 20.8 Å². The summed E-state index contributed by atoms with van der Waals surface area (Å²) in [5.41, 5.74) is 0.798. The minimum Gasteiger partial charge on any atom is -0.497 e. The topological polar surface area (TPSA) is 177 Å². The van der Waals surface area contributed by atoms with Gasteiger partial charge >= 0.3 is 6.09 Å². The highest BCUT2D eigenvalue weighted by Crippen LogP contribution is 2.31. The van der Waals surface area contributed by atoms with E-state index in [0.717, 1.165) is 0 Å². The number of alkyl halides is 1. The van der Waals surface area contributed by atoms with Crippen LogP contribution in [0.5, 0.6) is 5.75 Å². The minimum absolute atomic E-state index is 0.0918. The van der Waals surface area contributed by atoms with E-state index in [1.54, 1.807) is 46.1 Å². The van der Waals surface area contributed by atoms with Crippen LogP contribution in [0.25, 0.3) is 11.0 Å². The van der Waals surface area contributed by atoms with E-state index in [1.165, 1.54) is 15.8 Å². The molecule has 1 aliphatic rings. The predicted molar refractivity (Wildman–Crippen MR) is 139 cm³/mol. The first-order valence-corrected chi connectivity index (χ1v) is 12.8. The molecule has 14 nitrogen and oxygen atoms in total. The summed E-state index contributed by atoms with van der Waals surface area (Å²) >= 11 is 5.75. The molecular weight excluding hydrogens is 536 g/mol. The fourth-order valence-corrected chi connectivity index (χ4v) is 4.20. The van der Waals surface area contributed by atoms with Crippen molar-refractivity contribution in [1.29, 1.82) is 0 Å². The van der Waals surface area contributed by atoms with Crippen LogP contribution in [0.1, 0.15) is 32.5 Å². The van der Waals surface area contributed by atoms with E-state index in [9.17, 15) is 20.1 Å². The maximum absolute atomic E-state index is 13.2. The number of ether oxygens (including phenoxy) is 4. The number of hydrogen-bond acceptors (Lipinski definition) is 11. The number of aromatic nitrogens is 5. The number of benzene rings is 1. The summed E-state index contributed by atoms with van der Waals surface area (Å²) in [4.78, 5) is 22.1. The molecule has 15 heteroatoms. The van der Waals surface area contributed by atoms with Crippen LogP contribution in [0, 0.1) is 0 Å². The van der Waals surface area contributed by atoms with E-state index >= 15 is 0 Å². The van der Waals surface area contributed by atoms with Crippen molar-refractivity contribution in [2.24, 2.45) is 0 Å². The number of fused-ring (bicyclic) bond motifs is 1. The molecule has 1 saturated heterocycles. The number of hydrogen-bond donors (Lipinski definition) is 4. The van der Waals surface area contributed by atoms with Gasteiger partial charge in [-0.1, -0.05) is 5.21 Å². The van der Waals surface area contributed by atoms with Crippen LogP contribution >= 0.6 is 11.6 Å². The summed E-state index contributed by atoms with van der Waals surface area (Å²) in [6.07, 6.45) is -4.14. The molecule has 1 amide bonds. The number of rotatable bonds is 9. The molecule has 4 rings (SSSR count). The monoisotopic (exact) mass is 568 g/mol. The molecule has 3 heterocycles. The second-order valence-electron chi connectivity index (χ2n) is 9.96. The van der Waals surface area contributed by atoms with E-state index < -0.39 is 48.9 Å². The highest BCUT2D eigenvalue weighted by atomic mass is 35.5. The third kappa shape index (κ3) is 6.59. The number of carbonyl (C=O) groups excluding carboxylic acids is 1. The number of amides is 1. The lowest BCUT2D eigenvalue weighted by molar-refractivity contribution is -0.280. The molecule has 2 unspecified atom stereocenters. The van der Waals surface area contributed by atoms with Gasteiger partial charge in [0.15, 0.2) is 6.29 Å². The van der Waals surface area contributed by atoms with Crippen molar-refractivity contribution in [2.75, 3.05) is 31.1 Å². The highest BCUT2D eigenvalue weighted by Gasteiger charge is 2.46. The van der Waals surface area contributed by atoms with Gasteiger partial charge in [-0.3, -0.25) is 0 Å². The van der Waals surface area contributed by atoms with E-state index in [1.807, 2.05) is 0 Å². The molecule has 0 aliphatic carbocycles. The largest absolute Gasteiger partial charge is 0.497 e. The maximum atomic E-state index is 13.2. The first-order valence-electron chi connectivity index (χ1n) is 12.3. The summed E-state index contributed by atoms with van der Waals surface area (Å²) < 4.78 is 23.4. The fourth-order valence-electron chi connectivity index (χ4n) is 4.11. The Kier molecular flexibility index (Phi) is 8.93. The Morgan fingerprint density at radius 1 is 1.28 bits per heavy atom. The number of imidazole rings is 1. The lowest BCUT2D eigenvalue weighted by atomic mass is 9.97. The molecule has 3 aromatic rings. The van der Waals surface area contributed by atoms with Gasteiger partial charge in [0, 0.05) is 11.9 Å². The third-order valence-electron chi connectivity index (χ3n) is 5.94. The second kappa shape index (κ2) is 12.0. The van der Waals surface area contributed by atoms with Crippen molar-refractivity contribution in [3.8, 4) is 5.75 Å². The van der Waals surface area contributed by atoms with Gasteiger partial charge in [-0.25, -0.2) is 19.4 Å². The van der Waals surface area contributed by atoms with Crippen LogP contribution in [-0.4, -0.2) is 103 Å². The van der Waals surface area contributed by atoms with Gasteiger partial charge in [-0.05, 0) is 32.9 Å². The van der Waals surface area contributed by atoms with Crippen molar-refractivity contribution in [1.82, 2.24) is 25.0 Å². The number of carbonyl (C=O) groups is 1. The molecular formula is C24H33ClN6O8. The van der Waals surface area contributed by atoms with E-state index in [4.69, 9.17) is 30.5 Å². The summed E-state index contributed by atoms with van der Waals surface area (Å²) in [7, 11) is 1.55. The average molecular weight is 569 g/mol. The summed E-state index contributed by atoms with van der Waals surface area (Å²) in [5, 5.41) is 39.0. The first-order chi connectivity index (χ1) is 18.5. The first kappa shape index (κ1) is 29.0. The van der Waals surface area contributed by atoms with Crippen LogP contribution in [0.4, 0.5) is 10.7 Å². The molecule has 0 saturated carbocycles. The van der Waals surface area contributed by atoms with Gasteiger partial charge in [0.25, 0.3) is 0 Å². The normalized spacial score (nSPS) is 23.6. The van der Waals surface area contributed by atoms with Crippen molar-refractivity contribution < 1.29 is 39.1 Å². The predicted octanol–water partition coefficient (Wildman–Crippen LogP) is 1.34. The van der Waals surface area contributed by atoms with E-state index in [-0.39, 0.29) is 25.0 Å². The van der Waals surface area contributed by atoms with Crippen LogP contribution in [0.3, 0.4) is 0 Å². The molecule has 39 heavy (non-hydrogen) atoms. The Hall–Kier alpha value is -3.01. The zero-order chi connectivity index (χ0) is 28.3. The molecule has 5 atom stereocenters. The number of nitrogens with zero attached hydrogens (tertiary/aromatic N) is 5. The average Bonchev–Trinajstić information content (AvgIpc) is 3.52. The third-order valence-corrected chi connectivity index (χ3v) is 6.09. The molecule has 0 radical (unpaired) electrons. The van der Waals surface area contributed by atoms with Gasteiger partial charge in [-0.2, -0.15) is 0 Å². The van der Waals surface area contributed by atoms with Gasteiger partial charge in [0.1, 0.15) is 41.4 Å². The molecule has 2 aromatic heterocycles. The van der Waals surface area contributed by atoms with E-state index in [2.05, 4.69) is 20.3 Å². The van der Waals surface area contributed by atoms with Crippen LogP contribution < -0.4 is 9.64 Å². The minimum atomic E-state index is -1.41. The van der Waals surface area contributed by atoms with Gasteiger partial charge in [-0.15, -0.1) is 16.7 Å². The number of methoxy groups -OCH3 is 1. The number of anilines is 1.